The van der Waals surface area contributed by atoms with Gasteiger partial charge in [0.15, 0.2) is 0 Å². The predicted molar refractivity (Wildman–Crippen MR) is 56.5 cm³/mol. The Labute approximate surface area is 79.0 Å². The molecule has 70 valence electrons. The topological polar surface area (TPSA) is 38.0 Å². The second-order valence-corrected chi connectivity index (χ2v) is 4.74. The van der Waals surface area contributed by atoms with Gasteiger partial charge in [0.2, 0.25) is 0 Å². The van der Waals surface area contributed by atoms with Crippen LogP contribution in [0.5, 0.6) is 0 Å². The Kier molecular flexibility index (Phi) is 3.62. The first-order chi connectivity index (χ1) is 5.75. The molecule has 2 unspecified atom stereocenters. The molecule has 0 radical (unpaired) electrons. The number of hydrogen-bond acceptors (Lipinski definition) is 3. The Morgan fingerprint density at radius 1 is 1.83 bits per heavy atom. The maximum atomic E-state index is 5.79. The van der Waals surface area contributed by atoms with Gasteiger partial charge in [-0.25, -0.2) is 0 Å². The van der Waals surface area contributed by atoms with Gasteiger partial charge in [-0.1, -0.05) is 13.0 Å². The van der Waals surface area contributed by atoms with Crippen LogP contribution in [-0.2, 0) is 0 Å². The normalized spacial score (nSPS) is 35.3. The van der Waals surface area contributed by atoms with E-state index in [1.807, 2.05) is 17.8 Å². The lowest BCUT2D eigenvalue weighted by molar-refractivity contribution is 0.349. The Morgan fingerprint density at radius 3 is 3.00 bits per heavy atom. The first kappa shape index (κ1) is 10.1. The van der Waals surface area contributed by atoms with Gasteiger partial charge >= 0.3 is 0 Å². The number of nitrogens with one attached hydrogen (secondary N) is 1. The molecule has 1 rings (SSSR count). The molecule has 3 N–H and O–H groups in total. The summed E-state index contributed by atoms with van der Waals surface area (Å²) >= 11 is 2.00. The lowest BCUT2D eigenvalue weighted by Crippen LogP contribution is -2.55. The number of thioether (sulfide) groups is 1. The minimum Gasteiger partial charge on any atom is -0.329 e. The largest absolute Gasteiger partial charge is 0.329 e. The lowest BCUT2D eigenvalue weighted by Gasteiger charge is -2.32. The van der Waals surface area contributed by atoms with Crippen LogP contribution in [0.3, 0.4) is 0 Å². The zero-order chi connectivity index (χ0) is 9.03. The molecule has 3 heteroatoms. The van der Waals surface area contributed by atoms with Crippen LogP contribution in [0.25, 0.3) is 0 Å². The van der Waals surface area contributed by atoms with Crippen molar-refractivity contribution in [2.24, 2.45) is 5.73 Å². The van der Waals surface area contributed by atoms with Gasteiger partial charge in [0, 0.05) is 23.9 Å². The molecule has 1 saturated heterocycles. The van der Waals surface area contributed by atoms with E-state index in [4.69, 9.17) is 5.73 Å². The molecule has 1 heterocycles. The monoisotopic (exact) mass is 186 g/mol. The number of rotatable bonds is 4. The molecule has 1 fully saturated rings. The highest BCUT2D eigenvalue weighted by atomic mass is 32.2. The van der Waals surface area contributed by atoms with Crippen LogP contribution >= 0.6 is 11.8 Å². The Bertz CT molecular complexity index is 161. The van der Waals surface area contributed by atoms with Crippen LogP contribution in [0.1, 0.15) is 13.3 Å². The van der Waals surface area contributed by atoms with Crippen molar-refractivity contribution in [3.05, 3.63) is 12.7 Å². The molecule has 0 bridgehead atoms. The molecule has 0 aromatic heterocycles. The van der Waals surface area contributed by atoms with Gasteiger partial charge in [0.05, 0.1) is 0 Å². The zero-order valence-corrected chi connectivity index (χ0v) is 8.49. The van der Waals surface area contributed by atoms with Gasteiger partial charge in [-0.15, -0.1) is 6.58 Å². The first-order valence-corrected chi connectivity index (χ1v) is 5.47. The van der Waals surface area contributed by atoms with Crippen LogP contribution in [0, 0.1) is 0 Å². The van der Waals surface area contributed by atoms with E-state index < -0.39 is 0 Å². The number of nitrogens with two attached hydrogens (primary N) is 1. The minimum atomic E-state index is 0.166. The predicted octanol–water partition coefficient (Wildman–Crippen LogP) is 0.985. The molecule has 1 aliphatic heterocycles. The molecular formula is C9H18N2S. The summed E-state index contributed by atoms with van der Waals surface area (Å²) in [7, 11) is 0. The second-order valence-electron chi connectivity index (χ2n) is 3.29. The van der Waals surface area contributed by atoms with Crippen LogP contribution in [0.15, 0.2) is 12.7 Å². The number of hydrogen-bond donors (Lipinski definition) is 2. The maximum absolute atomic E-state index is 5.79. The summed E-state index contributed by atoms with van der Waals surface area (Å²) in [6.07, 6.45) is 3.08. The van der Waals surface area contributed by atoms with Gasteiger partial charge in [0.1, 0.15) is 0 Å². The summed E-state index contributed by atoms with van der Waals surface area (Å²) in [6.45, 7) is 7.55. The van der Waals surface area contributed by atoms with Crippen LogP contribution in [0.4, 0.5) is 0 Å². The Balaban J connectivity index is 2.54. The van der Waals surface area contributed by atoms with E-state index in [9.17, 15) is 0 Å². The summed E-state index contributed by atoms with van der Waals surface area (Å²) in [5.41, 5.74) is 5.96. The molecule has 0 spiro atoms. The second kappa shape index (κ2) is 4.30. The molecule has 0 aromatic carbocycles. The third-order valence-electron chi connectivity index (χ3n) is 2.66. The van der Waals surface area contributed by atoms with Gasteiger partial charge in [-0.05, 0) is 12.2 Å². The summed E-state index contributed by atoms with van der Waals surface area (Å²) in [6, 6.07) is 0. The van der Waals surface area contributed by atoms with E-state index in [1.54, 1.807) is 0 Å². The van der Waals surface area contributed by atoms with E-state index in [2.05, 4.69) is 18.8 Å². The molecule has 0 saturated carbocycles. The van der Waals surface area contributed by atoms with E-state index in [1.165, 1.54) is 12.2 Å². The first-order valence-electron chi connectivity index (χ1n) is 4.43. The molecule has 2 nitrogen and oxygen atoms in total. The van der Waals surface area contributed by atoms with Gasteiger partial charge in [-0.3, -0.25) is 0 Å². The van der Waals surface area contributed by atoms with Crippen molar-refractivity contribution >= 4 is 11.8 Å². The SMILES string of the molecule is C=CCNC1(CN)CCSC1C. The smallest absolute Gasteiger partial charge is 0.0431 e. The van der Waals surface area contributed by atoms with Gasteiger partial charge < -0.3 is 11.1 Å². The Morgan fingerprint density at radius 2 is 2.58 bits per heavy atom. The molecular weight excluding hydrogens is 168 g/mol. The quantitative estimate of drug-likeness (QED) is 0.643. The third kappa shape index (κ3) is 1.84. The highest BCUT2D eigenvalue weighted by Crippen LogP contribution is 2.34. The molecule has 0 aromatic rings. The van der Waals surface area contributed by atoms with Crippen molar-refractivity contribution in [3.63, 3.8) is 0 Å². The van der Waals surface area contributed by atoms with E-state index in [0.29, 0.717) is 5.25 Å². The average molecular weight is 186 g/mol. The molecule has 1 aliphatic rings. The van der Waals surface area contributed by atoms with E-state index in [-0.39, 0.29) is 5.54 Å². The van der Waals surface area contributed by atoms with Gasteiger partial charge in [0.25, 0.3) is 0 Å². The van der Waals surface area contributed by atoms with E-state index in [0.717, 1.165) is 13.1 Å². The van der Waals surface area contributed by atoms with Crippen LogP contribution in [0.2, 0.25) is 0 Å². The summed E-state index contributed by atoms with van der Waals surface area (Å²) < 4.78 is 0. The summed E-state index contributed by atoms with van der Waals surface area (Å²) in [5, 5.41) is 4.11. The summed E-state index contributed by atoms with van der Waals surface area (Å²) in [4.78, 5) is 0. The molecule has 2 atom stereocenters. The van der Waals surface area contributed by atoms with Crippen molar-refractivity contribution in [3.8, 4) is 0 Å². The van der Waals surface area contributed by atoms with Gasteiger partial charge in [-0.2, -0.15) is 11.8 Å². The summed E-state index contributed by atoms with van der Waals surface area (Å²) in [5.74, 6) is 1.22. The fourth-order valence-electron chi connectivity index (χ4n) is 1.63. The average Bonchev–Trinajstić information content (AvgIpc) is 2.45. The van der Waals surface area contributed by atoms with Crippen molar-refractivity contribution in [2.75, 3.05) is 18.8 Å². The lowest BCUT2D eigenvalue weighted by atomic mass is 9.93. The fraction of sp³-hybridized carbons (Fsp3) is 0.778. The van der Waals surface area contributed by atoms with E-state index >= 15 is 0 Å². The van der Waals surface area contributed by atoms with Crippen molar-refractivity contribution < 1.29 is 0 Å². The Hall–Kier alpha value is 0.0100. The standard InChI is InChI=1S/C9H18N2S/c1-3-5-11-9(7-10)4-6-12-8(9)2/h3,8,11H,1,4-7,10H2,2H3. The van der Waals surface area contributed by atoms with Crippen molar-refractivity contribution in [2.45, 2.75) is 24.1 Å². The zero-order valence-electron chi connectivity index (χ0n) is 7.68. The van der Waals surface area contributed by atoms with Crippen LogP contribution < -0.4 is 11.1 Å². The highest BCUT2D eigenvalue weighted by molar-refractivity contribution is 8.00. The fourth-order valence-corrected chi connectivity index (χ4v) is 3.08. The minimum absolute atomic E-state index is 0.166. The molecule has 0 aliphatic carbocycles. The highest BCUT2D eigenvalue weighted by Gasteiger charge is 2.38. The van der Waals surface area contributed by atoms with Crippen molar-refractivity contribution in [1.82, 2.24) is 5.32 Å². The molecule has 12 heavy (non-hydrogen) atoms. The third-order valence-corrected chi connectivity index (χ3v) is 4.05. The maximum Gasteiger partial charge on any atom is 0.0431 e. The molecule has 0 amide bonds. The van der Waals surface area contributed by atoms with Crippen molar-refractivity contribution in [1.29, 1.82) is 0 Å². The van der Waals surface area contributed by atoms with Crippen LogP contribution in [-0.4, -0.2) is 29.6 Å².